The molecule has 0 bridgehead atoms. The number of carbonyl (C=O) groups excluding carboxylic acids is 1. The second-order valence-corrected chi connectivity index (χ2v) is 6.41. The number of benzene rings is 1. The van der Waals surface area contributed by atoms with E-state index in [0.717, 1.165) is 48.5 Å². The van der Waals surface area contributed by atoms with Crippen molar-refractivity contribution in [2.24, 2.45) is 13.0 Å². The fourth-order valence-corrected chi connectivity index (χ4v) is 3.46. The number of likely N-dealkylation sites (tertiary alicyclic amines) is 1. The Balaban J connectivity index is 1.47. The zero-order valence-corrected chi connectivity index (χ0v) is 13.7. The highest BCUT2D eigenvalue weighted by molar-refractivity contribution is 5.94. The number of imidazole rings is 1. The number of carbonyl (C=O) groups is 1. The minimum atomic E-state index is 0.129. The molecule has 2 aromatic heterocycles. The highest BCUT2D eigenvalue weighted by Gasteiger charge is 2.28. The third-order valence-corrected chi connectivity index (χ3v) is 4.79. The Kier molecular flexibility index (Phi) is 3.76. The second kappa shape index (κ2) is 6.07. The number of aromatic nitrogens is 3. The van der Waals surface area contributed by atoms with Crippen molar-refractivity contribution < 1.29 is 4.79 Å². The molecule has 0 saturated carbocycles. The Morgan fingerprint density at radius 3 is 2.83 bits per heavy atom. The van der Waals surface area contributed by atoms with E-state index in [-0.39, 0.29) is 5.91 Å². The Morgan fingerprint density at radius 2 is 2.04 bits per heavy atom. The maximum atomic E-state index is 12.5. The van der Waals surface area contributed by atoms with Gasteiger partial charge in [0.15, 0.2) is 5.65 Å². The molecule has 122 valence electrons. The lowest BCUT2D eigenvalue weighted by Crippen LogP contribution is -2.29. The van der Waals surface area contributed by atoms with E-state index in [9.17, 15) is 4.79 Å². The summed E-state index contributed by atoms with van der Waals surface area (Å²) in [4.78, 5) is 23.6. The molecule has 3 aromatic rings. The first-order chi connectivity index (χ1) is 11.7. The Morgan fingerprint density at radius 1 is 1.21 bits per heavy atom. The third kappa shape index (κ3) is 2.66. The van der Waals surface area contributed by atoms with E-state index in [0.29, 0.717) is 5.92 Å². The van der Waals surface area contributed by atoms with Crippen molar-refractivity contribution in [1.82, 2.24) is 19.4 Å². The summed E-state index contributed by atoms with van der Waals surface area (Å²) in [7, 11) is 2.01. The lowest BCUT2D eigenvalue weighted by atomic mass is 10.0. The first kappa shape index (κ1) is 14.9. The molecule has 1 aliphatic heterocycles. The SMILES string of the molecule is Cn1c(C[C@H]2CCN(C(=O)c3ccccc3)C2)nc2cccnc21. The van der Waals surface area contributed by atoms with Gasteiger partial charge in [-0.25, -0.2) is 9.97 Å². The standard InChI is InChI=1S/C19H20N4O/c1-22-17(21-16-8-5-10-20-18(16)22)12-14-9-11-23(13-14)19(24)15-6-3-2-4-7-15/h2-8,10,14H,9,11-13H2,1H3/t14-/m1/s1. The van der Waals surface area contributed by atoms with Crippen LogP contribution in [0.1, 0.15) is 22.6 Å². The zero-order chi connectivity index (χ0) is 16.5. The van der Waals surface area contributed by atoms with Gasteiger partial charge in [0, 0.05) is 38.3 Å². The van der Waals surface area contributed by atoms with E-state index in [2.05, 4.69) is 9.55 Å². The molecule has 1 amide bonds. The van der Waals surface area contributed by atoms with E-state index < -0.39 is 0 Å². The molecule has 4 rings (SSSR count). The number of amides is 1. The zero-order valence-electron chi connectivity index (χ0n) is 13.7. The van der Waals surface area contributed by atoms with Crippen LogP contribution >= 0.6 is 0 Å². The summed E-state index contributed by atoms with van der Waals surface area (Å²) in [6.07, 6.45) is 3.70. The van der Waals surface area contributed by atoms with Gasteiger partial charge in [-0.05, 0) is 36.6 Å². The third-order valence-electron chi connectivity index (χ3n) is 4.79. The Labute approximate surface area is 140 Å². The smallest absolute Gasteiger partial charge is 0.253 e. The quantitative estimate of drug-likeness (QED) is 0.745. The van der Waals surface area contributed by atoms with Crippen LogP contribution in [0.4, 0.5) is 0 Å². The van der Waals surface area contributed by atoms with Crippen LogP contribution in [0.2, 0.25) is 0 Å². The van der Waals surface area contributed by atoms with Crippen LogP contribution in [0.25, 0.3) is 11.2 Å². The fraction of sp³-hybridized carbons (Fsp3) is 0.316. The summed E-state index contributed by atoms with van der Waals surface area (Å²) in [6.45, 7) is 1.62. The van der Waals surface area contributed by atoms with E-state index >= 15 is 0 Å². The molecule has 5 heteroatoms. The number of hydrogen-bond acceptors (Lipinski definition) is 3. The number of hydrogen-bond donors (Lipinski definition) is 0. The maximum absolute atomic E-state index is 12.5. The van der Waals surface area contributed by atoms with Crippen LogP contribution in [-0.4, -0.2) is 38.4 Å². The number of rotatable bonds is 3. The molecule has 3 heterocycles. The second-order valence-electron chi connectivity index (χ2n) is 6.41. The van der Waals surface area contributed by atoms with E-state index in [1.807, 2.05) is 54.4 Å². The minimum Gasteiger partial charge on any atom is -0.338 e. The Hall–Kier alpha value is -2.69. The van der Waals surface area contributed by atoms with Crippen LogP contribution in [0.3, 0.4) is 0 Å². The number of fused-ring (bicyclic) bond motifs is 1. The predicted octanol–water partition coefficient (Wildman–Crippen LogP) is 2.67. The van der Waals surface area contributed by atoms with Crippen molar-refractivity contribution >= 4 is 17.1 Å². The summed E-state index contributed by atoms with van der Waals surface area (Å²) < 4.78 is 2.07. The molecule has 5 nitrogen and oxygen atoms in total. The van der Waals surface area contributed by atoms with Gasteiger partial charge in [0.2, 0.25) is 0 Å². The molecule has 1 atom stereocenters. The van der Waals surface area contributed by atoms with Crippen LogP contribution in [0.5, 0.6) is 0 Å². The van der Waals surface area contributed by atoms with Gasteiger partial charge in [-0.15, -0.1) is 0 Å². The van der Waals surface area contributed by atoms with Gasteiger partial charge in [-0.3, -0.25) is 4.79 Å². The first-order valence-corrected chi connectivity index (χ1v) is 8.33. The molecule has 0 aliphatic carbocycles. The average molecular weight is 320 g/mol. The molecule has 1 saturated heterocycles. The largest absolute Gasteiger partial charge is 0.338 e. The molecule has 0 N–H and O–H groups in total. The lowest BCUT2D eigenvalue weighted by molar-refractivity contribution is 0.0787. The summed E-state index contributed by atoms with van der Waals surface area (Å²) in [5, 5.41) is 0. The van der Waals surface area contributed by atoms with Gasteiger partial charge in [-0.2, -0.15) is 0 Å². The van der Waals surface area contributed by atoms with Crippen molar-refractivity contribution in [2.45, 2.75) is 12.8 Å². The van der Waals surface area contributed by atoms with Gasteiger partial charge in [-0.1, -0.05) is 18.2 Å². The predicted molar refractivity (Wildman–Crippen MR) is 92.7 cm³/mol. The molecular weight excluding hydrogens is 300 g/mol. The van der Waals surface area contributed by atoms with Crippen molar-refractivity contribution in [3.8, 4) is 0 Å². The van der Waals surface area contributed by atoms with Crippen molar-refractivity contribution in [1.29, 1.82) is 0 Å². The van der Waals surface area contributed by atoms with Crippen LogP contribution < -0.4 is 0 Å². The van der Waals surface area contributed by atoms with Gasteiger partial charge >= 0.3 is 0 Å². The van der Waals surface area contributed by atoms with Crippen molar-refractivity contribution in [3.63, 3.8) is 0 Å². The molecule has 0 spiro atoms. The Bertz CT molecular complexity index is 871. The summed E-state index contributed by atoms with van der Waals surface area (Å²) in [6, 6.07) is 13.4. The molecular formula is C19H20N4O. The number of aryl methyl sites for hydroxylation is 1. The molecule has 0 radical (unpaired) electrons. The minimum absolute atomic E-state index is 0.129. The lowest BCUT2D eigenvalue weighted by Gasteiger charge is -2.16. The average Bonchev–Trinajstić information content (AvgIpc) is 3.21. The summed E-state index contributed by atoms with van der Waals surface area (Å²) in [5.74, 6) is 1.63. The molecule has 1 aliphatic rings. The molecule has 1 fully saturated rings. The van der Waals surface area contributed by atoms with Gasteiger partial charge in [0.05, 0.1) is 0 Å². The highest BCUT2D eigenvalue weighted by Crippen LogP contribution is 2.23. The van der Waals surface area contributed by atoms with Gasteiger partial charge in [0.1, 0.15) is 11.3 Å². The van der Waals surface area contributed by atoms with Crippen molar-refractivity contribution in [3.05, 3.63) is 60.0 Å². The van der Waals surface area contributed by atoms with Crippen molar-refractivity contribution in [2.75, 3.05) is 13.1 Å². The molecule has 1 aromatic carbocycles. The normalized spacial score (nSPS) is 17.5. The van der Waals surface area contributed by atoms with Crippen LogP contribution in [0.15, 0.2) is 48.7 Å². The number of nitrogens with zero attached hydrogens (tertiary/aromatic N) is 4. The fourth-order valence-electron chi connectivity index (χ4n) is 3.46. The van der Waals surface area contributed by atoms with E-state index in [1.54, 1.807) is 6.20 Å². The van der Waals surface area contributed by atoms with E-state index in [4.69, 9.17) is 4.98 Å². The first-order valence-electron chi connectivity index (χ1n) is 8.33. The summed E-state index contributed by atoms with van der Waals surface area (Å²) in [5.41, 5.74) is 2.62. The van der Waals surface area contributed by atoms with Gasteiger partial charge in [0.25, 0.3) is 5.91 Å². The van der Waals surface area contributed by atoms with Gasteiger partial charge < -0.3 is 9.47 Å². The topological polar surface area (TPSA) is 51.0 Å². The number of pyridine rings is 1. The molecule has 0 unspecified atom stereocenters. The molecule has 24 heavy (non-hydrogen) atoms. The maximum Gasteiger partial charge on any atom is 0.253 e. The monoisotopic (exact) mass is 320 g/mol. The highest BCUT2D eigenvalue weighted by atomic mass is 16.2. The summed E-state index contributed by atoms with van der Waals surface area (Å²) >= 11 is 0. The van der Waals surface area contributed by atoms with E-state index in [1.165, 1.54) is 0 Å². The van der Waals surface area contributed by atoms with Crippen LogP contribution in [0, 0.1) is 5.92 Å². The van der Waals surface area contributed by atoms with Crippen LogP contribution in [-0.2, 0) is 13.5 Å².